The summed E-state index contributed by atoms with van der Waals surface area (Å²) in [6.07, 6.45) is 7.13. The fourth-order valence-corrected chi connectivity index (χ4v) is 5.02. The first kappa shape index (κ1) is 18.6. The molecular formula is C21H26N2O2S. The predicted molar refractivity (Wildman–Crippen MR) is 107 cm³/mol. The van der Waals surface area contributed by atoms with Crippen LogP contribution in [-0.4, -0.2) is 11.8 Å². The molecule has 4 nitrogen and oxygen atoms in total. The minimum atomic E-state index is -0.439. The topological polar surface area (TPSA) is 72.2 Å². The Morgan fingerprint density at radius 2 is 1.81 bits per heavy atom. The van der Waals surface area contributed by atoms with E-state index in [4.69, 9.17) is 5.73 Å². The minimum Gasteiger partial charge on any atom is -0.365 e. The average Bonchev–Trinajstić information content (AvgIpc) is 2.93. The van der Waals surface area contributed by atoms with Gasteiger partial charge in [-0.25, -0.2) is 0 Å². The molecule has 2 amide bonds. The molecule has 0 radical (unpaired) electrons. The third kappa shape index (κ3) is 3.98. The quantitative estimate of drug-likeness (QED) is 0.805. The fourth-order valence-electron chi connectivity index (χ4n) is 3.72. The number of benzene rings is 1. The van der Waals surface area contributed by atoms with E-state index in [0.717, 1.165) is 36.8 Å². The van der Waals surface area contributed by atoms with Crippen molar-refractivity contribution < 1.29 is 9.59 Å². The number of rotatable bonds is 5. The molecule has 0 fully saturated rings. The van der Waals surface area contributed by atoms with Crippen molar-refractivity contribution in [1.29, 1.82) is 0 Å². The first-order valence-electron chi connectivity index (χ1n) is 9.42. The number of aryl methyl sites for hydroxylation is 1. The van der Waals surface area contributed by atoms with Crippen molar-refractivity contribution in [3.63, 3.8) is 0 Å². The molecule has 5 heteroatoms. The Morgan fingerprint density at radius 3 is 2.46 bits per heavy atom. The molecule has 1 aromatic heterocycles. The summed E-state index contributed by atoms with van der Waals surface area (Å²) >= 11 is 1.53. The number of nitrogens with one attached hydrogen (secondary N) is 1. The first-order valence-corrected chi connectivity index (χ1v) is 10.2. The largest absolute Gasteiger partial charge is 0.365 e. The number of amides is 2. The lowest BCUT2D eigenvalue weighted by Crippen LogP contribution is -2.22. The van der Waals surface area contributed by atoms with Crippen molar-refractivity contribution in [1.82, 2.24) is 0 Å². The third-order valence-electron chi connectivity index (χ3n) is 5.08. The highest BCUT2D eigenvalue weighted by Gasteiger charge is 2.26. The lowest BCUT2D eigenvalue weighted by atomic mass is 9.95. The van der Waals surface area contributed by atoms with Gasteiger partial charge in [-0.2, -0.15) is 0 Å². The number of hydrogen-bond donors (Lipinski definition) is 2. The van der Waals surface area contributed by atoms with E-state index in [-0.39, 0.29) is 11.8 Å². The Hall–Kier alpha value is -2.14. The van der Waals surface area contributed by atoms with Gasteiger partial charge in [0, 0.05) is 4.88 Å². The molecule has 1 aliphatic carbocycles. The fraction of sp³-hybridized carbons (Fsp3) is 0.429. The smallest absolute Gasteiger partial charge is 0.251 e. The molecule has 1 heterocycles. The van der Waals surface area contributed by atoms with Crippen LogP contribution in [0.5, 0.6) is 0 Å². The minimum absolute atomic E-state index is 0.0737. The molecule has 1 atom stereocenters. The van der Waals surface area contributed by atoms with Gasteiger partial charge in [0.15, 0.2) is 0 Å². The summed E-state index contributed by atoms with van der Waals surface area (Å²) in [5, 5.41) is 3.65. The van der Waals surface area contributed by atoms with Gasteiger partial charge in [-0.05, 0) is 43.2 Å². The Labute approximate surface area is 158 Å². The van der Waals surface area contributed by atoms with E-state index < -0.39 is 5.91 Å². The highest BCUT2D eigenvalue weighted by molar-refractivity contribution is 7.17. The van der Waals surface area contributed by atoms with E-state index in [1.165, 1.54) is 29.1 Å². The normalized spacial score (nSPS) is 15.4. The van der Waals surface area contributed by atoms with Crippen molar-refractivity contribution in [2.45, 2.75) is 57.8 Å². The molecule has 26 heavy (non-hydrogen) atoms. The zero-order valence-electron chi connectivity index (χ0n) is 15.2. The molecule has 2 aromatic rings. The highest BCUT2D eigenvalue weighted by Crippen LogP contribution is 2.37. The highest BCUT2D eigenvalue weighted by atomic mass is 32.1. The summed E-state index contributed by atoms with van der Waals surface area (Å²) in [5.74, 6) is -0.747. The van der Waals surface area contributed by atoms with E-state index in [1.807, 2.05) is 37.3 Å². The summed E-state index contributed by atoms with van der Waals surface area (Å²) in [7, 11) is 0. The zero-order valence-corrected chi connectivity index (χ0v) is 16.0. The van der Waals surface area contributed by atoms with Gasteiger partial charge in [-0.15, -0.1) is 11.3 Å². The van der Waals surface area contributed by atoms with Crippen molar-refractivity contribution in [2.24, 2.45) is 5.73 Å². The maximum atomic E-state index is 12.9. The number of carbonyl (C=O) groups is 2. The van der Waals surface area contributed by atoms with E-state index in [0.29, 0.717) is 17.0 Å². The summed E-state index contributed by atoms with van der Waals surface area (Å²) in [6, 6.07) is 9.76. The lowest BCUT2D eigenvalue weighted by molar-refractivity contribution is -0.117. The Bertz CT molecular complexity index is 783. The van der Waals surface area contributed by atoms with Gasteiger partial charge in [-0.1, -0.05) is 50.1 Å². The van der Waals surface area contributed by atoms with Gasteiger partial charge in [0.25, 0.3) is 5.91 Å². The summed E-state index contributed by atoms with van der Waals surface area (Å²) < 4.78 is 0. The Morgan fingerprint density at radius 1 is 1.12 bits per heavy atom. The number of anilines is 1. The van der Waals surface area contributed by atoms with Gasteiger partial charge < -0.3 is 11.1 Å². The maximum Gasteiger partial charge on any atom is 0.251 e. The number of primary amides is 1. The molecule has 0 spiro atoms. The number of fused-ring (bicyclic) bond motifs is 1. The molecule has 3 N–H and O–H groups in total. The van der Waals surface area contributed by atoms with Crippen molar-refractivity contribution in [3.05, 3.63) is 51.9 Å². The first-order chi connectivity index (χ1) is 12.6. The Kier molecular flexibility index (Phi) is 6.09. The summed E-state index contributed by atoms with van der Waals surface area (Å²) in [6.45, 7) is 2.00. The van der Waals surface area contributed by atoms with Gasteiger partial charge in [0.2, 0.25) is 5.91 Å². The zero-order chi connectivity index (χ0) is 18.5. The maximum absolute atomic E-state index is 12.9. The molecule has 3 rings (SSSR count). The van der Waals surface area contributed by atoms with Crippen LogP contribution in [0, 0.1) is 0 Å². The van der Waals surface area contributed by atoms with Gasteiger partial charge in [0.05, 0.1) is 11.5 Å². The molecule has 138 valence electrons. The molecule has 1 aliphatic rings. The summed E-state index contributed by atoms with van der Waals surface area (Å²) in [4.78, 5) is 26.2. The van der Waals surface area contributed by atoms with E-state index in [9.17, 15) is 9.59 Å². The number of nitrogens with two attached hydrogens (primary N) is 1. The van der Waals surface area contributed by atoms with Crippen LogP contribution in [0.1, 0.15) is 71.3 Å². The van der Waals surface area contributed by atoms with Crippen LogP contribution >= 0.6 is 11.3 Å². The monoisotopic (exact) mass is 370 g/mol. The predicted octanol–water partition coefficient (Wildman–Crippen LogP) is 4.64. The van der Waals surface area contributed by atoms with Crippen molar-refractivity contribution in [2.75, 3.05) is 5.32 Å². The second-order valence-corrected chi connectivity index (χ2v) is 7.95. The average molecular weight is 371 g/mol. The van der Waals surface area contributed by atoms with E-state index in [1.54, 1.807) is 0 Å². The van der Waals surface area contributed by atoms with Crippen LogP contribution in [-0.2, 0) is 17.6 Å². The molecule has 1 aromatic carbocycles. The van der Waals surface area contributed by atoms with Gasteiger partial charge >= 0.3 is 0 Å². The van der Waals surface area contributed by atoms with Crippen molar-refractivity contribution >= 4 is 28.2 Å². The molecule has 0 saturated carbocycles. The number of thiophene rings is 1. The molecule has 0 bridgehead atoms. The van der Waals surface area contributed by atoms with Crippen LogP contribution in [0.25, 0.3) is 0 Å². The SMILES string of the molecule is CC[C@H](C(=O)Nc1sc2c(c1C(N)=O)CCCCCC2)c1ccccc1. The Balaban J connectivity index is 1.90. The number of hydrogen-bond acceptors (Lipinski definition) is 3. The third-order valence-corrected chi connectivity index (χ3v) is 6.29. The molecule has 0 unspecified atom stereocenters. The van der Waals surface area contributed by atoms with Gasteiger partial charge in [-0.3, -0.25) is 9.59 Å². The summed E-state index contributed by atoms with van der Waals surface area (Å²) in [5.41, 5.74) is 8.27. The van der Waals surface area contributed by atoms with Crippen LogP contribution in [0.15, 0.2) is 30.3 Å². The van der Waals surface area contributed by atoms with Gasteiger partial charge in [0.1, 0.15) is 5.00 Å². The molecular weight excluding hydrogens is 344 g/mol. The van der Waals surface area contributed by atoms with E-state index >= 15 is 0 Å². The lowest BCUT2D eigenvalue weighted by Gasteiger charge is -2.15. The van der Waals surface area contributed by atoms with Crippen LogP contribution < -0.4 is 11.1 Å². The standard InChI is InChI=1S/C21H26N2O2S/c1-2-15(14-10-6-5-7-11-14)20(25)23-21-18(19(22)24)16-12-8-3-4-9-13-17(16)26-21/h5-7,10-11,15H,2-4,8-9,12-13H2,1H3,(H2,22,24)(H,23,25)/t15-/m0/s1. The van der Waals surface area contributed by atoms with Crippen LogP contribution in [0.4, 0.5) is 5.00 Å². The van der Waals surface area contributed by atoms with E-state index in [2.05, 4.69) is 5.32 Å². The second kappa shape index (κ2) is 8.49. The van der Waals surface area contributed by atoms with Crippen molar-refractivity contribution in [3.8, 4) is 0 Å². The number of carbonyl (C=O) groups excluding carboxylic acids is 2. The molecule has 0 saturated heterocycles. The molecule has 0 aliphatic heterocycles. The second-order valence-electron chi connectivity index (χ2n) is 6.85. The van der Waals surface area contributed by atoms with Crippen LogP contribution in [0.2, 0.25) is 0 Å². The van der Waals surface area contributed by atoms with Crippen LogP contribution in [0.3, 0.4) is 0 Å².